The number of hydrogen-bond acceptors (Lipinski definition) is 2. The smallest absolute Gasteiger partial charge is 0.119 e. The molecule has 110 valence electrons. The Hall–Kier alpha value is -1.80. The van der Waals surface area contributed by atoms with E-state index >= 15 is 0 Å². The van der Waals surface area contributed by atoms with Crippen LogP contribution in [-0.2, 0) is 5.54 Å². The van der Waals surface area contributed by atoms with Crippen molar-refractivity contribution in [3.05, 3.63) is 65.2 Å². The highest BCUT2D eigenvalue weighted by Gasteiger charge is 2.36. The molecule has 0 aromatic heterocycles. The molecule has 2 aromatic carbocycles. The molecule has 0 aliphatic heterocycles. The van der Waals surface area contributed by atoms with Gasteiger partial charge in [-0.15, -0.1) is 0 Å². The molecule has 2 N–H and O–H groups in total. The molecule has 2 unspecified atom stereocenters. The van der Waals surface area contributed by atoms with E-state index in [-0.39, 0.29) is 0 Å². The molecular formula is C19H23NO. The third kappa shape index (κ3) is 2.44. The summed E-state index contributed by atoms with van der Waals surface area (Å²) in [6.45, 7) is 4.96. The summed E-state index contributed by atoms with van der Waals surface area (Å²) in [5.41, 5.74) is 10.2. The number of benzene rings is 2. The van der Waals surface area contributed by atoms with Gasteiger partial charge in [0.05, 0.1) is 12.1 Å². The van der Waals surface area contributed by atoms with E-state index in [9.17, 15) is 0 Å². The molecule has 1 aliphatic rings. The Labute approximate surface area is 126 Å². The van der Waals surface area contributed by atoms with Gasteiger partial charge in [0, 0.05) is 0 Å². The number of rotatable bonds is 3. The van der Waals surface area contributed by atoms with Crippen LogP contribution in [0.15, 0.2) is 48.5 Å². The zero-order valence-electron chi connectivity index (χ0n) is 12.8. The highest BCUT2D eigenvalue weighted by Crippen LogP contribution is 2.43. The molecule has 3 rings (SSSR count). The molecule has 0 bridgehead atoms. The fourth-order valence-corrected chi connectivity index (χ4v) is 3.40. The SMILES string of the molecule is CCOc1cccc(C2(N)CCC(C)c3ccccc32)c1. The summed E-state index contributed by atoms with van der Waals surface area (Å²) >= 11 is 0. The van der Waals surface area contributed by atoms with Crippen molar-refractivity contribution in [2.75, 3.05) is 6.61 Å². The number of hydrogen-bond donors (Lipinski definition) is 1. The first-order valence-electron chi connectivity index (χ1n) is 7.77. The Morgan fingerprint density at radius 3 is 2.81 bits per heavy atom. The van der Waals surface area contributed by atoms with Crippen LogP contribution < -0.4 is 10.5 Å². The van der Waals surface area contributed by atoms with Crippen molar-refractivity contribution in [3.63, 3.8) is 0 Å². The topological polar surface area (TPSA) is 35.2 Å². The van der Waals surface area contributed by atoms with Crippen LogP contribution in [0.2, 0.25) is 0 Å². The van der Waals surface area contributed by atoms with Gasteiger partial charge >= 0.3 is 0 Å². The molecule has 2 nitrogen and oxygen atoms in total. The van der Waals surface area contributed by atoms with Gasteiger partial charge in [-0.1, -0.05) is 43.3 Å². The standard InChI is InChI=1S/C19H23NO/c1-3-21-16-8-6-7-15(13-16)19(20)12-11-14(2)17-9-4-5-10-18(17)19/h4-10,13-14H,3,11-12,20H2,1-2H3. The molecule has 1 aliphatic carbocycles. The lowest BCUT2D eigenvalue weighted by Gasteiger charge is -2.39. The number of nitrogens with two attached hydrogens (primary N) is 1. The minimum atomic E-state index is -0.407. The summed E-state index contributed by atoms with van der Waals surface area (Å²) in [5, 5.41) is 0. The van der Waals surface area contributed by atoms with Crippen LogP contribution in [0.4, 0.5) is 0 Å². The summed E-state index contributed by atoms with van der Waals surface area (Å²) in [5.74, 6) is 1.48. The van der Waals surface area contributed by atoms with E-state index in [0.717, 1.165) is 24.2 Å². The molecule has 21 heavy (non-hydrogen) atoms. The minimum absolute atomic E-state index is 0.407. The quantitative estimate of drug-likeness (QED) is 0.915. The number of ether oxygens (including phenoxy) is 1. The van der Waals surface area contributed by atoms with Crippen molar-refractivity contribution in [1.82, 2.24) is 0 Å². The third-order valence-electron chi connectivity index (χ3n) is 4.60. The van der Waals surface area contributed by atoms with E-state index in [1.54, 1.807) is 0 Å². The Morgan fingerprint density at radius 1 is 1.19 bits per heavy atom. The molecule has 0 heterocycles. The maximum atomic E-state index is 6.86. The zero-order chi connectivity index (χ0) is 14.9. The Kier molecular flexibility index (Phi) is 3.73. The van der Waals surface area contributed by atoms with Gasteiger partial charge in [0.2, 0.25) is 0 Å². The predicted octanol–water partition coefficient (Wildman–Crippen LogP) is 4.18. The van der Waals surface area contributed by atoms with Crippen molar-refractivity contribution in [1.29, 1.82) is 0 Å². The molecule has 0 saturated heterocycles. The van der Waals surface area contributed by atoms with E-state index in [4.69, 9.17) is 10.5 Å². The molecule has 2 atom stereocenters. The fraction of sp³-hybridized carbons (Fsp3) is 0.368. The monoisotopic (exact) mass is 281 g/mol. The lowest BCUT2D eigenvalue weighted by molar-refractivity contribution is 0.337. The van der Waals surface area contributed by atoms with Gasteiger partial charge in [-0.2, -0.15) is 0 Å². The molecule has 0 radical (unpaired) electrons. The normalized spacial score (nSPS) is 24.4. The lowest BCUT2D eigenvalue weighted by Crippen LogP contribution is -2.41. The van der Waals surface area contributed by atoms with Crippen LogP contribution in [0, 0.1) is 0 Å². The van der Waals surface area contributed by atoms with Gasteiger partial charge in [-0.05, 0) is 54.5 Å². The zero-order valence-corrected chi connectivity index (χ0v) is 12.8. The van der Waals surface area contributed by atoms with Gasteiger partial charge < -0.3 is 10.5 Å². The van der Waals surface area contributed by atoms with Crippen molar-refractivity contribution in [3.8, 4) is 5.75 Å². The minimum Gasteiger partial charge on any atom is -0.494 e. The first-order valence-corrected chi connectivity index (χ1v) is 7.77. The average Bonchev–Trinajstić information content (AvgIpc) is 2.52. The summed E-state index contributed by atoms with van der Waals surface area (Å²) in [6.07, 6.45) is 2.09. The lowest BCUT2D eigenvalue weighted by atomic mass is 9.70. The molecule has 0 spiro atoms. The second-order valence-corrected chi connectivity index (χ2v) is 5.96. The van der Waals surface area contributed by atoms with Crippen LogP contribution in [0.1, 0.15) is 49.3 Å². The summed E-state index contributed by atoms with van der Waals surface area (Å²) in [7, 11) is 0. The highest BCUT2D eigenvalue weighted by atomic mass is 16.5. The third-order valence-corrected chi connectivity index (χ3v) is 4.60. The van der Waals surface area contributed by atoms with Gasteiger partial charge in [0.1, 0.15) is 5.75 Å². The van der Waals surface area contributed by atoms with Crippen molar-refractivity contribution in [2.24, 2.45) is 5.73 Å². The maximum Gasteiger partial charge on any atom is 0.119 e. The second-order valence-electron chi connectivity index (χ2n) is 5.96. The highest BCUT2D eigenvalue weighted by molar-refractivity contribution is 5.47. The molecule has 0 fully saturated rings. The van der Waals surface area contributed by atoms with Gasteiger partial charge in [0.15, 0.2) is 0 Å². The Bertz CT molecular complexity index is 637. The van der Waals surface area contributed by atoms with Gasteiger partial charge in [-0.3, -0.25) is 0 Å². The second kappa shape index (κ2) is 5.53. The van der Waals surface area contributed by atoms with Gasteiger partial charge in [0.25, 0.3) is 0 Å². The Morgan fingerprint density at radius 2 is 2.00 bits per heavy atom. The van der Waals surface area contributed by atoms with E-state index in [1.165, 1.54) is 11.1 Å². The van der Waals surface area contributed by atoms with Crippen molar-refractivity contribution >= 4 is 0 Å². The number of fused-ring (bicyclic) bond motifs is 1. The fourth-order valence-electron chi connectivity index (χ4n) is 3.40. The van der Waals surface area contributed by atoms with Crippen LogP contribution in [0.5, 0.6) is 5.75 Å². The summed E-state index contributed by atoms with van der Waals surface area (Å²) in [4.78, 5) is 0. The first-order chi connectivity index (χ1) is 10.1. The Balaban J connectivity index is 2.09. The summed E-state index contributed by atoms with van der Waals surface area (Å²) in [6, 6.07) is 16.8. The maximum absolute atomic E-state index is 6.86. The van der Waals surface area contributed by atoms with Crippen molar-refractivity contribution in [2.45, 2.75) is 38.1 Å². The summed E-state index contributed by atoms with van der Waals surface area (Å²) < 4.78 is 5.64. The van der Waals surface area contributed by atoms with E-state index < -0.39 is 5.54 Å². The average molecular weight is 281 g/mol. The van der Waals surface area contributed by atoms with Crippen LogP contribution >= 0.6 is 0 Å². The first kappa shape index (κ1) is 14.2. The van der Waals surface area contributed by atoms with Crippen LogP contribution in [0.25, 0.3) is 0 Å². The van der Waals surface area contributed by atoms with Crippen molar-refractivity contribution < 1.29 is 4.74 Å². The van der Waals surface area contributed by atoms with Crippen LogP contribution in [0.3, 0.4) is 0 Å². The molecule has 0 amide bonds. The largest absolute Gasteiger partial charge is 0.494 e. The predicted molar refractivity (Wildman–Crippen MR) is 86.7 cm³/mol. The van der Waals surface area contributed by atoms with E-state index in [0.29, 0.717) is 12.5 Å². The molecule has 2 aromatic rings. The molecule has 2 heteroatoms. The van der Waals surface area contributed by atoms with Gasteiger partial charge in [-0.25, -0.2) is 0 Å². The molecule has 0 saturated carbocycles. The van der Waals surface area contributed by atoms with Crippen LogP contribution in [-0.4, -0.2) is 6.61 Å². The molecular weight excluding hydrogens is 258 g/mol. The van der Waals surface area contributed by atoms with E-state index in [2.05, 4.69) is 43.3 Å². The van der Waals surface area contributed by atoms with E-state index in [1.807, 2.05) is 19.1 Å².